The van der Waals surface area contributed by atoms with Gasteiger partial charge < -0.3 is 23.5 Å². The largest absolute Gasteiger partial charge is 0.464 e. The first-order chi connectivity index (χ1) is 19.0. The van der Waals surface area contributed by atoms with E-state index >= 15 is 0 Å². The Morgan fingerprint density at radius 2 is 1.75 bits per heavy atom. The summed E-state index contributed by atoms with van der Waals surface area (Å²) in [6.45, 7) is 11.3. The van der Waals surface area contributed by atoms with E-state index in [1.165, 1.54) is 0 Å². The molecule has 0 unspecified atom stereocenters. The van der Waals surface area contributed by atoms with E-state index in [0.717, 1.165) is 12.8 Å². The highest BCUT2D eigenvalue weighted by Crippen LogP contribution is 2.52. The van der Waals surface area contributed by atoms with Crippen molar-refractivity contribution >= 4 is 13.7 Å². The molecule has 1 aromatic heterocycles. The smallest absolute Gasteiger partial charge is 0.459 e. The number of fused-ring (bicyclic) bond motifs is 1. The van der Waals surface area contributed by atoms with Gasteiger partial charge in [0.15, 0.2) is 5.79 Å². The quantitative estimate of drug-likeness (QED) is 0.239. The van der Waals surface area contributed by atoms with Crippen molar-refractivity contribution in [1.82, 2.24) is 10.1 Å². The van der Waals surface area contributed by atoms with E-state index in [1.54, 1.807) is 37.4 Å². The molecule has 0 spiro atoms. The van der Waals surface area contributed by atoms with Gasteiger partial charge in [0.1, 0.15) is 35.7 Å². The van der Waals surface area contributed by atoms with Gasteiger partial charge in [0.25, 0.3) is 0 Å². The van der Waals surface area contributed by atoms with Gasteiger partial charge in [-0.2, -0.15) is 5.09 Å². The molecule has 3 heterocycles. The van der Waals surface area contributed by atoms with Crippen LogP contribution in [0.4, 0.5) is 0 Å². The molecule has 220 valence electrons. The summed E-state index contributed by atoms with van der Waals surface area (Å²) in [5, 5.41) is 2.76. The lowest BCUT2D eigenvalue weighted by Crippen LogP contribution is -2.45. The summed E-state index contributed by atoms with van der Waals surface area (Å²) in [6, 6.07) is 13.2. The number of aromatic nitrogens is 1. The van der Waals surface area contributed by atoms with Gasteiger partial charge in [-0.25, -0.2) is 4.57 Å². The average molecular weight is 577 g/mol. The van der Waals surface area contributed by atoms with Crippen LogP contribution in [0.5, 0.6) is 5.75 Å². The molecule has 0 bridgehead atoms. The first-order valence-electron chi connectivity index (χ1n) is 13.9. The van der Waals surface area contributed by atoms with Crippen LogP contribution in [-0.4, -0.2) is 53.8 Å². The summed E-state index contributed by atoms with van der Waals surface area (Å²) in [4.78, 5) is 17.2. The summed E-state index contributed by atoms with van der Waals surface area (Å²) < 4.78 is 50.3. The molecular formula is C29H41N2O8P. The van der Waals surface area contributed by atoms with Crippen LogP contribution in [0.25, 0.3) is 0 Å². The number of para-hydroxylation sites is 1. The summed E-state index contributed by atoms with van der Waals surface area (Å²) in [5.41, 5.74) is -0.379. The zero-order chi connectivity index (χ0) is 29.0. The van der Waals surface area contributed by atoms with Crippen LogP contribution in [0, 0.1) is 5.92 Å². The summed E-state index contributed by atoms with van der Waals surface area (Å²) in [7, 11) is -4.11. The molecule has 1 aromatic carbocycles. The fraction of sp³-hybridized carbons (Fsp3) is 0.586. The average Bonchev–Trinajstić information content (AvgIpc) is 3.40. The fourth-order valence-electron chi connectivity index (χ4n) is 4.86. The van der Waals surface area contributed by atoms with Crippen molar-refractivity contribution in [3.05, 3.63) is 60.4 Å². The number of carbonyl (C=O) groups excluding carboxylic acids is 1. The number of ether oxygens (including phenoxy) is 4. The van der Waals surface area contributed by atoms with Gasteiger partial charge in [0.2, 0.25) is 0 Å². The monoisotopic (exact) mass is 576 g/mol. The van der Waals surface area contributed by atoms with Crippen molar-refractivity contribution in [2.24, 2.45) is 5.92 Å². The molecule has 4 rings (SSSR count). The predicted molar refractivity (Wildman–Crippen MR) is 149 cm³/mol. The topological polar surface area (TPSA) is 114 Å². The van der Waals surface area contributed by atoms with Gasteiger partial charge in [-0.1, -0.05) is 51.0 Å². The first-order valence-corrected chi connectivity index (χ1v) is 15.4. The minimum absolute atomic E-state index is 0.177. The van der Waals surface area contributed by atoms with Gasteiger partial charge in [-0.3, -0.25) is 14.3 Å². The molecule has 2 aliphatic rings. The Labute approximate surface area is 236 Å². The number of hydrogen-bond acceptors (Lipinski definition) is 9. The van der Waals surface area contributed by atoms with E-state index in [4.69, 9.17) is 28.0 Å². The van der Waals surface area contributed by atoms with Crippen LogP contribution < -0.4 is 9.61 Å². The van der Waals surface area contributed by atoms with E-state index in [1.807, 2.05) is 58.9 Å². The third-order valence-electron chi connectivity index (χ3n) is 7.22. The van der Waals surface area contributed by atoms with Gasteiger partial charge in [0, 0.05) is 6.20 Å². The maximum atomic E-state index is 14.1. The number of rotatable bonds is 13. The molecular weight excluding hydrogens is 535 g/mol. The Kier molecular flexibility index (Phi) is 9.70. The Morgan fingerprint density at radius 3 is 2.40 bits per heavy atom. The van der Waals surface area contributed by atoms with Crippen LogP contribution in [-0.2, 0) is 32.8 Å². The lowest BCUT2D eigenvalue weighted by atomic mass is 9.97. The van der Waals surface area contributed by atoms with Crippen molar-refractivity contribution < 1.29 is 37.4 Å². The fourth-order valence-corrected chi connectivity index (χ4v) is 6.44. The normalized spacial score (nSPS) is 27.6. The number of nitrogens with one attached hydrogen (secondary N) is 1. The molecule has 0 radical (unpaired) electrons. The molecule has 1 N–H and O–H groups in total. The minimum Gasteiger partial charge on any atom is -0.464 e. The van der Waals surface area contributed by atoms with E-state index in [2.05, 4.69) is 10.1 Å². The maximum Gasteiger partial charge on any atom is 0.459 e. The third kappa shape index (κ3) is 7.29. The van der Waals surface area contributed by atoms with E-state index in [0.29, 0.717) is 18.1 Å². The van der Waals surface area contributed by atoms with Crippen LogP contribution in [0.1, 0.15) is 66.2 Å². The number of carbonyl (C=O) groups is 1. The maximum absolute atomic E-state index is 14.1. The molecule has 2 aliphatic heterocycles. The minimum atomic E-state index is -4.11. The van der Waals surface area contributed by atoms with E-state index < -0.39 is 49.5 Å². The van der Waals surface area contributed by atoms with E-state index in [9.17, 15) is 9.36 Å². The highest BCUT2D eigenvalue weighted by atomic mass is 31.2. The molecule has 0 amide bonds. The molecule has 10 nitrogen and oxygen atoms in total. The zero-order valence-electron chi connectivity index (χ0n) is 24.1. The summed E-state index contributed by atoms with van der Waals surface area (Å²) in [5.74, 6) is -0.820. The van der Waals surface area contributed by atoms with Crippen LogP contribution in [0.15, 0.2) is 54.7 Å². The van der Waals surface area contributed by atoms with E-state index in [-0.39, 0.29) is 12.5 Å². The second-order valence-electron chi connectivity index (χ2n) is 11.0. The SMILES string of the molecule is CCC(CC)COC(=O)[C@H](C)N[P@](=O)(OC[C@@]1(C)O[C@@H](c2ccccn2)[C@@H]2OC(C)(C)O[C@@H]21)Oc1ccccc1. The Balaban J connectivity index is 1.52. The third-order valence-corrected chi connectivity index (χ3v) is 8.84. The van der Waals surface area contributed by atoms with Crippen LogP contribution in [0.3, 0.4) is 0 Å². The Morgan fingerprint density at radius 1 is 1.05 bits per heavy atom. The van der Waals surface area contributed by atoms with Crippen molar-refractivity contribution in [3.63, 3.8) is 0 Å². The van der Waals surface area contributed by atoms with Crippen molar-refractivity contribution in [2.75, 3.05) is 13.2 Å². The van der Waals surface area contributed by atoms with Gasteiger partial charge in [-0.05, 0) is 57.9 Å². The van der Waals surface area contributed by atoms with Crippen LogP contribution >= 0.6 is 7.75 Å². The molecule has 0 aliphatic carbocycles. The first kappa shape index (κ1) is 30.6. The Bertz CT molecular complexity index is 1160. The Hall–Kier alpha value is -2.33. The standard InChI is InChI=1S/C29H41N2O8P/c1-7-21(8-2)18-34-27(32)20(3)31-40(33,39-22-14-10-9-11-15-22)35-19-29(6)26-25(36-28(4,5)38-26)24(37-29)23-16-12-13-17-30-23/h9-17,20-21,24-26H,7-8,18-19H2,1-6H3,(H,31,33)/t20-,24-,25-,26-,29+,40-/m0/s1. The molecule has 2 saturated heterocycles. The van der Waals surface area contributed by atoms with Gasteiger partial charge in [-0.15, -0.1) is 0 Å². The number of nitrogens with zero attached hydrogens (tertiary/aromatic N) is 1. The summed E-state index contributed by atoms with van der Waals surface area (Å²) >= 11 is 0. The van der Waals surface area contributed by atoms with Crippen LogP contribution in [0.2, 0.25) is 0 Å². The van der Waals surface area contributed by atoms with Gasteiger partial charge >= 0.3 is 13.7 Å². The summed E-state index contributed by atoms with van der Waals surface area (Å²) in [6.07, 6.45) is 1.96. The lowest BCUT2D eigenvalue weighted by Gasteiger charge is -2.32. The number of esters is 1. The molecule has 2 fully saturated rings. The molecule has 2 aromatic rings. The van der Waals surface area contributed by atoms with Gasteiger partial charge in [0.05, 0.1) is 18.9 Å². The number of benzene rings is 1. The second kappa shape index (κ2) is 12.7. The molecule has 6 atom stereocenters. The molecule has 0 saturated carbocycles. The highest BCUT2D eigenvalue weighted by Gasteiger charge is 2.62. The molecule has 40 heavy (non-hydrogen) atoms. The van der Waals surface area contributed by atoms with Crippen molar-refractivity contribution in [2.45, 2.75) is 90.1 Å². The van der Waals surface area contributed by atoms with Crippen molar-refractivity contribution in [1.29, 1.82) is 0 Å². The second-order valence-corrected chi connectivity index (χ2v) is 12.7. The number of pyridine rings is 1. The number of hydrogen-bond donors (Lipinski definition) is 1. The predicted octanol–water partition coefficient (Wildman–Crippen LogP) is 5.59. The lowest BCUT2D eigenvalue weighted by molar-refractivity contribution is -0.212. The van der Waals surface area contributed by atoms with Crippen molar-refractivity contribution in [3.8, 4) is 5.75 Å². The highest BCUT2D eigenvalue weighted by molar-refractivity contribution is 7.52. The molecule has 11 heteroatoms. The zero-order valence-corrected chi connectivity index (χ0v) is 25.0.